The van der Waals surface area contributed by atoms with Crippen LogP contribution in [0.5, 0.6) is 0 Å². The van der Waals surface area contributed by atoms with E-state index >= 15 is 0 Å². The van der Waals surface area contributed by atoms with E-state index in [0.717, 1.165) is 22.3 Å². The SMILES string of the molecule is C(=C1C=C[CH-]C=C1)=C1C=C(C2=C[CH+]C(=[C+]c3ccccc3)C=C2)C=C[CH-]1. The first-order chi connectivity index (χ1) is 12.9. The second-order valence-corrected chi connectivity index (χ2v) is 6.14. The summed E-state index contributed by atoms with van der Waals surface area (Å²) in [7, 11) is 0. The van der Waals surface area contributed by atoms with Gasteiger partial charge in [0.2, 0.25) is 0 Å². The molecular formula is C26H18. The van der Waals surface area contributed by atoms with E-state index < -0.39 is 0 Å². The lowest BCUT2D eigenvalue weighted by Crippen LogP contribution is -1.96. The largest absolute Gasteiger partial charge is 0.276 e. The van der Waals surface area contributed by atoms with Gasteiger partial charge >= 0.3 is 0 Å². The zero-order valence-corrected chi connectivity index (χ0v) is 14.4. The van der Waals surface area contributed by atoms with Crippen LogP contribution in [-0.4, -0.2) is 0 Å². The number of benzene rings is 1. The van der Waals surface area contributed by atoms with Crippen molar-refractivity contribution in [3.63, 3.8) is 0 Å². The maximum Gasteiger partial charge on any atom is 0.276 e. The van der Waals surface area contributed by atoms with Gasteiger partial charge in [-0.1, -0.05) is 18.2 Å². The minimum absolute atomic E-state index is 1.08. The molecule has 0 spiro atoms. The zero-order valence-electron chi connectivity index (χ0n) is 14.4. The summed E-state index contributed by atoms with van der Waals surface area (Å²) >= 11 is 0. The number of rotatable bonds is 2. The molecule has 3 aliphatic rings. The standard InChI is InChI=1S/C26H18/c1-3-8-21(9-4-1)18-23-14-16-25(17-15-23)26-13-7-12-24(20-26)19-22-10-5-2-6-11-22/h1-17,20H. The Kier molecular flexibility index (Phi) is 4.63. The maximum absolute atomic E-state index is 3.45. The van der Waals surface area contributed by atoms with Gasteiger partial charge in [0, 0.05) is 0 Å². The summed E-state index contributed by atoms with van der Waals surface area (Å²) in [5, 5.41) is 0. The highest BCUT2D eigenvalue weighted by molar-refractivity contribution is 5.60. The highest BCUT2D eigenvalue weighted by Crippen LogP contribution is 2.26. The average Bonchev–Trinajstić information content (AvgIpc) is 2.70. The second-order valence-electron chi connectivity index (χ2n) is 6.14. The summed E-state index contributed by atoms with van der Waals surface area (Å²) in [6, 6.07) is 10.2. The molecule has 1 aromatic carbocycles. The predicted octanol–water partition coefficient (Wildman–Crippen LogP) is 5.95. The summed E-state index contributed by atoms with van der Waals surface area (Å²) in [6.07, 6.45) is 30.6. The van der Waals surface area contributed by atoms with E-state index in [-0.39, 0.29) is 0 Å². The third kappa shape index (κ3) is 3.91. The first-order valence-corrected chi connectivity index (χ1v) is 8.71. The first kappa shape index (κ1) is 15.9. The van der Waals surface area contributed by atoms with Crippen LogP contribution in [-0.2, 0) is 0 Å². The van der Waals surface area contributed by atoms with E-state index in [0.29, 0.717) is 0 Å². The van der Waals surface area contributed by atoms with Crippen LogP contribution in [0.3, 0.4) is 0 Å². The van der Waals surface area contributed by atoms with Gasteiger partial charge in [0.15, 0.2) is 0 Å². The number of hydrogen-bond donors (Lipinski definition) is 0. The lowest BCUT2D eigenvalue weighted by Gasteiger charge is -2.15. The summed E-state index contributed by atoms with van der Waals surface area (Å²) in [5.74, 6) is 0. The van der Waals surface area contributed by atoms with Crippen molar-refractivity contribution in [2.45, 2.75) is 0 Å². The van der Waals surface area contributed by atoms with Crippen molar-refractivity contribution >= 4 is 0 Å². The van der Waals surface area contributed by atoms with Gasteiger partial charge in [0.1, 0.15) is 41.9 Å². The Morgan fingerprint density at radius 2 is 1.69 bits per heavy atom. The molecule has 0 amide bonds. The van der Waals surface area contributed by atoms with Gasteiger partial charge in [0.05, 0.1) is 0 Å². The highest BCUT2D eigenvalue weighted by Gasteiger charge is 2.20. The van der Waals surface area contributed by atoms with Crippen LogP contribution in [0.25, 0.3) is 0 Å². The topological polar surface area (TPSA) is 0 Å². The molecule has 0 aromatic heterocycles. The fourth-order valence-corrected chi connectivity index (χ4v) is 2.90. The van der Waals surface area contributed by atoms with Crippen LogP contribution < -0.4 is 0 Å². The Bertz CT molecular complexity index is 946. The Labute approximate surface area is 156 Å². The molecule has 4 rings (SSSR count). The van der Waals surface area contributed by atoms with Crippen LogP contribution in [0.15, 0.2) is 125 Å². The lowest BCUT2D eigenvalue weighted by molar-refractivity contribution is 1.37. The molecule has 0 saturated carbocycles. The molecule has 122 valence electrons. The van der Waals surface area contributed by atoms with Crippen LogP contribution in [0.1, 0.15) is 5.56 Å². The monoisotopic (exact) mass is 330 g/mol. The molecule has 0 N–H and O–H groups in total. The van der Waals surface area contributed by atoms with Crippen molar-refractivity contribution in [2.75, 3.05) is 0 Å². The summed E-state index contributed by atoms with van der Waals surface area (Å²) in [4.78, 5) is 0. The van der Waals surface area contributed by atoms with Gasteiger partial charge in [-0.25, -0.2) is 0 Å². The van der Waals surface area contributed by atoms with E-state index in [1.807, 2.05) is 36.8 Å². The third-order valence-electron chi connectivity index (χ3n) is 4.21. The molecule has 0 nitrogen and oxygen atoms in total. The fraction of sp³-hybridized carbons (Fsp3) is 0. The molecule has 0 bridgehead atoms. The van der Waals surface area contributed by atoms with E-state index in [2.05, 4.69) is 85.4 Å². The molecule has 0 aliphatic heterocycles. The summed E-state index contributed by atoms with van der Waals surface area (Å²) in [5.41, 5.74) is 10.2. The third-order valence-corrected chi connectivity index (χ3v) is 4.21. The molecule has 0 heteroatoms. The van der Waals surface area contributed by atoms with Gasteiger partial charge < -0.3 is 0 Å². The summed E-state index contributed by atoms with van der Waals surface area (Å²) in [6.45, 7) is 0. The molecule has 0 radical (unpaired) electrons. The molecule has 0 heterocycles. The van der Waals surface area contributed by atoms with Crippen molar-refractivity contribution in [3.8, 4) is 0 Å². The molecule has 3 aliphatic carbocycles. The summed E-state index contributed by atoms with van der Waals surface area (Å²) < 4.78 is 0. The molecular weight excluding hydrogens is 312 g/mol. The van der Waals surface area contributed by atoms with Crippen LogP contribution in [0.2, 0.25) is 0 Å². The average molecular weight is 330 g/mol. The van der Waals surface area contributed by atoms with Crippen LogP contribution in [0.4, 0.5) is 0 Å². The predicted molar refractivity (Wildman–Crippen MR) is 108 cm³/mol. The molecule has 1 aromatic rings. The van der Waals surface area contributed by atoms with Crippen molar-refractivity contribution in [3.05, 3.63) is 156 Å². The number of allylic oxidation sites excluding steroid dienone is 14. The van der Waals surface area contributed by atoms with E-state index in [9.17, 15) is 0 Å². The fourth-order valence-electron chi connectivity index (χ4n) is 2.90. The van der Waals surface area contributed by atoms with Gasteiger partial charge in [-0.15, -0.1) is 35.8 Å². The highest BCUT2D eigenvalue weighted by atomic mass is 14.1. The quantitative estimate of drug-likeness (QED) is 0.464. The van der Waals surface area contributed by atoms with Crippen LogP contribution >= 0.6 is 0 Å². The van der Waals surface area contributed by atoms with E-state index in [1.54, 1.807) is 0 Å². The molecule has 0 saturated heterocycles. The number of hydrogen-bond acceptors (Lipinski definition) is 0. The zero-order chi connectivity index (χ0) is 17.6. The normalized spacial score (nSPS) is 19.0. The smallest absolute Gasteiger partial charge is 0.253 e. The van der Waals surface area contributed by atoms with Gasteiger partial charge in [0.25, 0.3) is 5.57 Å². The maximum atomic E-state index is 3.45. The van der Waals surface area contributed by atoms with E-state index in [1.165, 1.54) is 11.1 Å². The van der Waals surface area contributed by atoms with Crippen molar-refractivity contribution in [2.24, 2.45) is 0 Å². The Hall–Kier alpha value is -3.56. The van der Waals surface area contributed by atoms with Crippen LogP contribution in [0, 0.1) is 25.3 Å². The first-order valence-electron chi connectivity index (χ1n) is 8.71. The molecule has 0 unspecified atom stereocenters. The molecule has 0 fully saturated rings. The van der Waals surface area contributed by atoms with Gasteiger partial charge in [-0.05, 0) is 17.7 Å². The Morgan fingerprint density at radius 3 is 2.46 bits per heavy atom. The minimum Gasteiger partial charge on any atom is -0.253 e. The molecule has 0 atom stereocenters. The van der Waals surface area contributed by atoms with Crippen molar-refractivity contribution in [1.82, 2.24) is 0 Å². The Morgan fingerprint density at radius 1 is 0.846 bits per heavy atom. The van der Waals surface area contributed by atoms with Crippen molar-refractivity contribution in [1.29, 1.82) is 0 Å². The second kappa shape index (κ2) is 7.55. The lowest BCUT2D eigenvalue weighted by atomic mass is 9.91. The van der Waals surface area contributed by atoms with Crippen molar-refractivity contribution < 1.29 is 0 Å². The molecule has 26 heavy (non-hydrogen) atoms. The van der Waals surface area contributed by atoms with Gasteiger partial charge in [-0.3, -0.25) is 5.73 Å². The Balaban J connectivity index is 1.54. The van der Waals surface area contributed by atoms with Gasteiger partial charge in [-0.2, -0.15) is 30.7 Å². The van der Waals surface area contributed by atoms with E-state index in [4.69, 9.17) is 0 Å². The minimum atomic E-state index is 1.08.